The molecule has 1 heterocycles. The summed E-state index contributed by atoms with van der Waals surface area (Å²) < 4.78 is 0. The Bertz CT molecular complexity index is 604. The van der Waals surface area contributed by atoms with E-state index in [1.54, 1.807) is 4.90 Å². The maximum absolute atomic E-state index is 11.7. The molecule has 1 fully saturated rings. The SMILES string of the molecule is CC.CC(C)C.CC(C)c1ccccc1.CC1C[C@@H](C#N)N(C(=O)CN(C)C)C1.CC=O. The van der Waals surface area contributed by atoms with E-state index >= 15 is 0 Å². The first-order valence-electron chi connectivity index (χ1n) is 11.8. The summed E-state index contributed by atoms with van der Waals surface area (Å²) in [5, 5.41) is 8.88. The maximum atomic E-state index is 11.7. The summed E-state index contributed by atoms with van der Waals surface area (Å²) in [5.41, 5.74) is 1.41. The Morgan fingerprint density at radius 2 is 1.59 bits per heavy atom. The van der Waals surface area contributed by atoms with Gasteiger partial charge in [-0.15, -0.1) is 0 Å². The lowest BCUT2D eigenvalue weighted by molar-refractivity contribution is -0.131. The Balaban J connectivity index is -0.000000400. The minimum atomic E-state index is -0.211. The van der Waals surface area contributed by atoms with E-state index in [1.165, 1.54) is 12.5 Å². The van der Waals surface area contributed by atoms with E-state index in [9.17, 15) is 4.79 Å². The van der Waals surface area contributed by atoms with Gasteiger partial charge in [0.05, 0.1) is 12.6 Å². The fourth-order valence-corrected chi connectivity index (χ4v) is 2.64. The molecule has 1 aromatic carbocycles. The number of amides is 1. The van der Waals surface area contributed by atoms with E-state index in [-0.39, 0.29) is 11.9 Å². The van der Waals surface area contributed by atoms with Crippen molar-refractivity contribution >= 4 is 12.2 Å². The Hall–Kier alpha value is -2.19. The van der Waals surface area contributed by atoms with E-state index in [4.69, 9.17) is 10.1 Å². The van der Waals surface area contributed by atoms with Gasteiger partial charge in [-0.25, -0.2) is 0 Å². The van der Waals surface area contributed by atoms with Crippen molar-refractivity contribution in [2.24, 2.45) is 11.8 Å². The molecule has 0 bridgehead atoms. The van der Waals surface area contributed by atoms with Gasteiger partial charge in [-0.3, -0.25) is 4.79 Å². The van der Waals surface area contributed by atoms with Gasteiger partial charge in [-0.2, -0.15) is 5.26 Å². The number of aldehydes is 1. The van der Waals surface area contributed by atoms with Crippen molar-refractivity contribution in [3.8, 4) is 6.07 Å². The number of rotatable bonds is 3. The zero-order valence-electron chi connectivity index (χ0n) is 22.6. The molecule has 1 aromatic rings. The van der Waals surface area contributed by atoms with Crippen LogP contribution in [0.3, 0.4) is 0 Å². The first kappa shape index (κ1) is 34.4. The van der Waals surface area contributed by atoms with E-state index in [0.29, 0.717) is 18.4 Å². The van der Waals surface area contributed by atoms with Crippen LogP contribution in [0.25, 0.3) is 0 Å². The number of likely N-dealkylation sites (N-methyl/N-ethyl adjacent to an activating group) is 1. The van der Waals surface area contributed by atoms with Crippen molar-refractivity contribution in [1.29, 1.82) is 5.26 Å². The zero-order valence-corrected chi connectivity index (χ0v) is 22.6. The summed E-state index contributed by atoms with van der Waals surface area (Å²) in [4.78, 5) is 24.0. The van der Waals surface area contributed by atoms with Crippen LogP contribution >= 0.6 is 0 Å². The number of benzene rings is 1. The third kappa shape index (κ3) is 19.8. The average molecular weight is 448 g/mol. The Morgan fingerprint density at radius 3 is 1.91 bits per heavy atom. The van der Waals surface area contributed by atoms with Crippen LogP contribution in [0, 0.1) is 23.2 Å². The quantitative estimate of drug-likeness (QED) is 0.532. The van der Waals surface area contributed by atoms with Crippen LogP contribution < -0.4 is 0 Å². The van der Waals surface area contributed by atoms with Crippen LogP contribution in [0.5, 0.6) is 0 Å². The number of likely N-dealkylation sites (tertiary alicyclic amines) is 1. The number of hydrogen-bond acceptors (Lipinski definition) is 4. The predicted octanol–water partition coefficient (Wildman–Crippen LogP) is 6.01. The molecule has 0 radical (unpaired) electrons. The van der Waals surface area contributed by atoms with E-state index in [1.807, 2.05) is 38.9 Å². The number of carbonyl (C=O) groups is 2. The summed E-state index contributed by atoms with van der Waals surface area (Å²) >= 11 is 0. The molecular weight excluding hydrogens is 398 g/mol. The van der Waals surface area contributed by atoms with Crippen molar-refractivity contribution in [3.05, 3.63) is 35.9 Å². The molecule has 1 unspecified atom stereocenters. The molecule has 1 aliphatic rings. The van der Waals surface area contributed by atoms with Gasteiger partial charge in [-0.05, 0) is 50.8 Å². The molecular formula is C27H49N3O2. The van der Waals surface area contributed by atoms with Gasteiger partial charge in [0.2, 0.25) is 5.91 Å². The van der Waals surface area contributed by atoms with Crippen LogP contribution in [-0.4, -0.2) is 55.2 Å². The minimum absolute atomic E-state index is 0.0610. The summed E-state index contributed by atoms with van der Waals surface area (Å²) in [5.74, 6) is 2.00. The normalized spacial score (nSPS) is 16.2. The molecule has 0 N–H and O–H groups in total. The highest BCUT2D eigenvalue weighted by Gasteiger charge is 2.32. The summed E-state index contributed by atoms with van der Waals surface area (Å²) in [7, 11) is 3.72. The average Bonchev–Trinajstić information content (AvgIpc) is 3.11. The van der Waals surface area contributed by atoms with Gasteiger partial charge in [-0.1, -0.05) is 85.7 Å². The number of carbonyl (C=O) groups excluding carboxylic acids is 2. The topological polar surface area (TPSA) is 64.4 Å². The fraction of sp³-hybridized carbons (Fsp3) is 0.667. The molecule has 1 aliphatic heterocycles. The van der Waals surface area contributed by atoms with Gasteiger partial charge in [0.25, 0.3) is 0 Å². The molecule has 5 nitrogen and oxygen atoms in total. The Kier molecular flexibility index (Phi) is 23.7. The molecule has 1 amide bonds. The third-order valence-corrected chi connectivity index (χ3v) is 3.90. The fourth-order valence-electron chi connectivity index (χ4n) is 2.64. The van der Waals surface area contributed by atoms with Gasteiger partial charge < -0.3 is 14.6 Å². The predicted molar refractivity (Wildman–Crippen MR) is 138 cm³/mol. The first-order chi connectivity index (χ1) is 15.0. The van der Waals surface area contributed by atoms with Crippen LogP contribution in [0.2, 0.25) is 0 Å². The van der Waals surface area contributed by atoms with E-state index in [2.05, 4.69) is 71.9 Å². The minimum Gasteiger partial charge on any atom is -0.325 e. The Labute approximate surface area is 198 Å². The lowest BCUT2D eigenvalue weighted by atomic mass is 10.0. The molecule has 0 aromatic heterocycles. The number of nitriles is 1. The standard InChI is InChI=1S/C10H17N3O.C9H12.C4H10.C2H4O.C2H6/c1-8-4-9(5-11)13(6-8)10(14)7-12(2)3;1-8(2)9-6-4-3-5-7-9;1-4(2)3;1-2-3;1-2/h8-9H,4,6-7H2,1-3H3;3-8H,1-2H3;4H,1-3H3;2H,1H3;1-2H3/t8?,9-;;;;/m0..../s1. The molecule has 2 rings (SSSR count). The smallest absolute Gasteiger partial charge is 0.237 e. The van der Waals surface area contributed by atoms with Gasteiger partial charge in [0.15, 0.2) is 0 Å². The summed E-state index contributed by atoms with van der Waals surface area (Å²) in [6.07, 6.45) is 1.57. The summed E-state index contributed by atoms with van der Waals surface area (Å²) in [6.45, 7) is 19.5. The summed E-state index contributed by atoms with van der Waals surface area (Å²) in [6, 6.07) is 12.5. The molecule has 2 atom stereocenters. The molecule has 5 heteroatoms. The van der Waals surface area contributed by atoms with E-state index in [0.717, 1.165) is 25.2 Å². The Morgan fingerprint density at radius 1 is 1.16 bits per heavy atom. The molecule has 32 heavy (non-hydrogen) atoms. The van der Waals surface area contributed by atoms with Gasteiger partial charge in [0, 0.05) is 6.54 Å². The van der Waals surface area contributed by atoms with Crippen molar-refractivity contribution < 1.29 is 9.59 Å². The van der Waals surface area contributed by atoms with Crippen molar-refractivity contribution in [1.82, 2.24) is 9.80 Å². The zero-order chi connectivity index (χ0) is 25.7. The van der Waals surface area contributed by atoms with Crippen molar-refractivity contribution in [3.63, 3.8) is 0 Å². The lowest BCUT2D eigenvalue weighted by Crippen LogP contribution is -2.40. The first-order valence-corrected chi connectivity index (χ1v) is 11.8. The molecule has 0 spiro atoms. The molecule has 1 saturated heterocycles. The number of nitrogens with zero attached hydrogens (tertiary/aromatic N) is 3. The van der Waals surface area contributed by atoms with Crippen LogP contribution in [0.15, 0.2) is 30.3 Å². The van der Waals surface area contributed by atoms with Crippen LogP contribution in [0.4, 0.5) is 0 Å². The molecule has 0 saturated carbocycles. The van der Waals surface area contributed by atoms with E-state index < -0.39 is 0 Å². The number of hydrogen-bond donors (Lipinski definition) is 0. The third-order valence-electron chi connectivity index (χ3n) is 3.90. The second kappa shape index (κ2) is 22.0. The highest BCUT2D eigenvalue weighted by molar-refractivity contribution is 5.79. The lowest BCUT2D eigenvalue weighted by Gasteiger charge is -2.21. The monoisotopic (exact) mass is 447 g/mol. The van der Waals surface area contributed by atoms with Crippen LogP contribution in [0.1, 0.15) is 80.2 Å². The highest BCUT2D eigenvalue weighted by Crippen LogP contribution is 2.22. The van der Waals surface area contributed by atoms with Crippen molar-refractivity contribution in [2.45, 2.75) is 80.7 Å². The highest BCUT2D eigenvalue weighted by atomic mass is 16.2. The molecule has 184 valence electrons. The van der Waals surface area contributed by atoms with Gasteiger partial charge >= 0.3 is 0 Å². The molecule has 0 aliphatic carbocycles. The largest absolute Gasteiger partial charge is 0.325 e. The second-order valence-electron chi connectivity index (χ2n) is 8.80. The maximum Gasteiger partial charge on any atom is 0.237 e. The van der Waals surface area contributed by atoms with Crippen molar-refractivity contribution in [2.75, 3.05) is 27.2 Å². The second-order valence-corrected chi connectivity index (χ2v) is 8.80. The van der Waals surface area contributed by atoms with Gasteiger partial charge in [0.1, 0.15) is 12.3 Å². The van der Waals surface area contributed by atoms with Crippen LogP contribution in [-0.2, 0) is 9.59 Å².